The number of hydrogen-bond donors (Lipinski definition) is 0. The van der Waals surface area contributed by atoms with E-state index in [-0.39, 0.29) is 0 Å². The third-order valence-electron chi connectivity index (χ3n) is 5.53. The Morgan fingerprint density at radius 2 is 1.58 bits per heavy atom. The summed E-state index contributed by atoms with van der Waals surface area (Å²) in [4.78, 5) is 9.38. The molecule has 0 bridgehead atoms. The van der Waals surface area contributed by atoms with Gasteiger partial charge < -0.3 is 0 Å². The molecule has 1 unspecified atom stereocenters. The molecule has 0 aliphatic heterocycles. The van der Waals surface area contributed by atoms with E-state index in [4.69, 9.17) is 4.98 Å². The monoisotopic (exact) mass is 322 g/mol. The van der Waals surface area contributed by atoms with Gasteiger partial charge in [0.05, 0.1) is 0 Å². The Morgan fingerprint density at radius 3 is 2.29 bits per heavy atom. The summed E-state index contributed by atoms with van der Waals surface area (Å²) in [5, 5.41) is 0. The van der Waals surface area contributed by atoms with Gasteiger partial charge in [-0.1, -0.05) is 56.5 Å². The van der Waals surface area contributed by atoms with Crippen molar-refractivity contribution in [2.24, 2.45) is 11.8 Å². The van der Waals surface area contributed by atoms with E-state index >= 15 is 0 Å². The SMILES string of the molecule is CCc1nc(C)nc(CC2CCC[C@H](Cc3ccccc3)C2)c1C. The highest BCUT2D eigenvalue weighted by molar-refractivity contribution is 5.25. The highest BCUT2D eigenvalue weighted by Gasteiger charge is 2.24. The fourth-order valence-corrected chi connectivity index (χ4v) is 4.29. The van der Waals surface area contributed by atoms with Crippen LogP contribution in [0.1, 0.15) is 60.9 Å². The molecule has 24 heavy (non-hydrogen) atoms. The van der Waals surface area contributed by atoms with E-state index in [1.807, 2.05) is 6.92 Å². The van der Waals surface area contributed by atoms with E-state index < -0.39 is 0 Å². The van der Waals surface area contributed by atoms with E-state index in [1.165, 1.54) is 54.6 Å². The molecule has 2 atom stereocenters. The second kappa shape index (κ2) is 7.92. The Labute approximate surface area is 146 Å². The first kappa shape index (κ1) is 17.1. The van der Waals surface area contributed by atoms with Crippen LogP contribution in [0, 0.1) is 25.7 Å². The van der Waals surface area contributed by atoms with Crippen LogP contribution in [0.4, 0.5) is 0 Å². The van der Waals surface area contributed by atoms with E-state index in [1.54, 1.807) is 0 Å². The molecule has 1 aromatic carbocycles. The van der Waals surface area contributed by atoms with Crippen LogP contribution >= 0.6 is 0 Å². The molecule has 2 nitrogen and oxygen atoms in total. The molecule has 0 spiro atoms. The molecule has 1 fully saturated rings. The molecule has 1 saturated carbocycles. The third kappa shape index (κ3) is 4.23. The topological polar surface area (TPSA) is 25.8 Å². The average Bonchev–Trinajstić information content (AvgIpc) is 2.59. The van der Waals surface area contributed by atoms with E-state index in [0.29, 0.717) is 0 Å². The Bertz CT molecular complexity index is 663. The van der Waals surface area contributed by atoms with Crippen LogP contribution in [-0.4, -0.2) is 9.97 Å². The average molecular weight is 322 g/mol. The lowest BCUT2D eigenvalue weighted by molar-refractivity contribution is 0.262. The van der Waals surface area contributed by atoms with Crippen molar-refractivity contribution in [3.05, 3.63) is 58.7 Å². The minimum absolute atomic E-state index is 0.783. The molecule has 3 rings (SSSR count). The largest absolute Gasteiger partial charge is 0.238 e. The molecule has 1 heterocycles. The fourth-order valence-electron chi connectivity index (χ4n) is 4.29. The van der Waals surface area contributed by atoms with Gasteiger partial charge in [-0.15, -0.1) is 0 Å². The normalized spacial score (nSPS) is 21.0. The highest BCUT2D eigenvalue weighted by atomic mass is 14.9. The van der Waals surface area contributed by atoms with Gasteiger partial charge in [0, 0.05) is 11.4 Å². The lowest BCUT2D eigenvalue weighted by atomic mass is 9.76. The van der Waals surface area contributed by atoms with Crippen molar-refractivity contribution in [3.8, 4) is 0 Å². The molecule has 0 saturated heterocycles. The second-order valence-electron chi connectivity index (χ2n) is 7.44. The van der Waals surface area contributed by atoms with Crippen molar-refractivity contribution >= 4 is 0 Å². The maximum Gasteiger partial charge on any atom is 0.125 e. The number of aryl methyl sites for hydroxylation is 2. The first-order valence-corrected chi connectivity index (χ1v) is 9.52. The minimum atomic E-state index is 0.783. The van der Waals surface area contributed by atoms with Gasteiger partial charge in [-0.2, -0.15) is 0 Å². The zero-order valence-electron chi connectivity index (χ0n) is 15.4. The van der Waals surface area contributed by atoms with Crippen LogP contribution < -0.4 is 0 Å². The molecule has 0 amide bonds. The standard InChI is InChI=1S/C22H30N2/c1-4-21-16(2)22(24-17(3)23-21)15-20-12-8-11-19(14-20)13-18-9-6-5-7-10-18/h5-7,9-10,19-20H,4,8,11-15H2,1-3H3/t19-,20?/m1/s1. The summed E-state index contributed by atoms with van der Waals surface area (Å²) in [6, 6.07) is 11.0. The zero-order chi connectivity index (χ0) is 16.9. The molecule has 1 aliphatic rings. The predicted octanol–water partition coefficient (Wildman–Crippen LogP) is 5.25. The molecular formula is C22H30N2. The van der Waals surface area contributed by atoms with Gasteiger partial charge in [0.2, 0.25) is 0 Å². The van der Waals surface area contributed by atoms with Crippen LogP contribution in [0.25, 0.3) is 0 Å². The van der Waals surface area contributed by atoms with Crippen molar-refractivity contribution in [1.29, 1.82) is 0 Å². The summed E-state index contributed by atoms with van der Waals surface area (Å²) in [5.74, 6) is 2.55. The van der Waals surface area contributed by atoms with Gasteiger partial charge in [0.15, 0.2) is 0 Å². The van der Waals surface area contributed by atoms with Crippen LogP contribution in [-0.2, 0) is 19.3 Å². The van der Waals surface area contributed by atoms with Gasteiger partial charge in [-0.3, -0.25) is 0 Å². The Hall–Kier alpha value is -1.70. The molecule has 0 N–H and O–H groups in total. The van der Waals surface area contributed by atoms with Crippen molar-refractivity contribution in [2.75, 3.05) is 0 Å². The molecule has 2 heteroatoms. The van der Waals surface area contributed by atoms with Crippen molar-refractivity contribution < 1.29 is 0 Å². The third-order valence-corrected chi connectivity index (χ3v) is 5.53. The Kier molecular flexibility index (Phi) is 5.65. The predicted molar refractivity (Wildman–Crippen MR) is 100 cm³/mol. The lowest BCUT2D eigenvalue weighted by Gasteiger charge is -2.29. The summed E-state index contributed by atoms with van der Waals surface area (Å²) in [6.45, 7) is 6.42. The van der Waals surface area contributed by atoms with Crippen LogP contribution in [0.15, 0.2) is 30.3 Å². The smallest absolute Gasteiger partial charge is 0.125 e. The van der Waals surface area contributed by atoms with Gasteiger partial charge in [0.1, 0.15) is 5.82 Å². The summed E-state index contributed by atoms with van der Waals surface area (Å²) in [7, 11) is 0. The van der Waals surface area contributed by atoms with Gasteiger partial charge in [-0.25, -0.2) is 9.97 Å². The first-order chi connectivity index (χ1) is 11.7. The summed E-state index contributed by atoms with van der Waals surface area (Å²) in [6.07, 6.45) is 8.82. The second-order valence-corrected chi connectivity index (χ2v) is 7.44. The first-order valence-electron chi connectivity index (χ1n) is 9.52. The van der Waals surface area contributed by atoms with Gasteiger partial charge in [0.25, 0.3) is 0 Å². The number of rotatable bonds is 5. The van der Waals surface area contributed by atoms with E-state index in [2.05, 4.69) is 49.2 Å². The summed E-state index contributed by atoms with van der Waals surface area (Å²) < 4.78 is 0. The number of aromatic nitrogens is 2. The fraction of sp³-hybridized carbons (Fsp3) is 0.545. The molecule has 0 radical (unpaired) electrons. The molecular weight excluding hydrogens is 292 g/mol. The van der Waals surface area contributed by atoms with E-state index in [0.717, 1.165) is 30.5 Å². The van der Waals surface area contributed by atoms with E-state index in [9.17, 15) is 0 Å². The number of benzene rings is 1. The number of nitrogens with zero attached hydrogens (tertiary/aromatic N) is 2. The lowest BCUT2D eigenvalue weighted by Crippen LogP contribution is -2.20. The van der Waals surface area contributed by atoms with Crippen LogP contribution in [0.2, 0.25) is 0 Å². The molecule has 1 aromatic heterocycles. The highest BCUT2D eigenvalue weighted by Crippen LogP contribution is 2.33. The van der Waals surface area contributed by atoms with Gasteiger partial charge >= 0.3 is 0 Å². The maximum atomic E-state index is 4.77. The summed E-state index contributed by atoms with van der Waals surface area (Å²) >= 11 is 0. The van der Waals surface area contributed by atoms with Gasteiger partial charge in [-0.05, 0) is 62.5 Å². The quantitative estimate of drug-likeness (QED) is 0.751. The molecule has 2 aromatic rings. The van der Waals surface area contributed by atoms with Crippen molar-refractivity contribution in [1.82, 2.24) is 9.97 Å². The molecule has 1 aliphatic carbocycles. The number of hydrogen-bond acceptors (Lipinski definition) is 2. The molecule has 128 valence electrons. The zero-order valence-corrected chi connectivity index (χ0v) is 15.4. The Balaban J connectivity index is 1.66. The maximum absolute atomic E-state index is 4.77. The van der Waals surface area contributed by atoms with Crippen LogP contribution in [0.3, 0.4) is 0 Å². The van der Waals surface area contributed by atoms with Crippen molar-refractivity contribution in [3.63, 3.8) is 0 Å². The van der Waals surface area contributed by atoms with Crippen LogP contribution in [0.5, 0.6) is 0 Å². The van der Waals surface area contributed by atoms with Crippen molar-refractivity contribution in [2.45, 2.75) is 65.7 Å². The minimum Gasteiger partial charge on any atom is -0.238 e. The Morgan fingerprint density at radius 1 is 0.917 bits per heavy atom. The summed E-state index contributed by atoms with van der Waals surface area (Å²) in [5.41, 5.74) is 5.35.